The fourth-order valence-corrected chi connectivity index (χ4v) is 3.40. The highest BCUT2D eigenvalue weighted by molar-refractivity contribution is 5.79. The Hall–Kier alpha value is -2.60. The second-order valence-electron chi connectivity index (χ2n) is 7.22. The highest BCUT2D eigenvalue weighted by Crippen LogP contribution is 2.13. The van der Waals surface area contributed by atoms with E-state index < -0.39 is 0 Å². The molecule has 0 atom stereocenters. The van der Waals surface area contributed by atoms with E-state index in [1.165, 1.54) is 11.1 Å². The van der Waals surface area contributed by atoms with Gasteiger partial charge in [-0.05, 0) is 36.2 Å². The molecule has 2 heterocycles. The minimum absolute atomic E-state index is 0.700. The second-order valence-corrected chi connectivity index (χ2v) is 7.22. The van der Waals surface area contributed by atoms with E-state index in [0.717, 1.165) is 56.5 Å². The van der Waals surface area contributed by atoms with Gasteiger partial charge in [0.25, 0.3) is 0 Å². The van der Waals surface area contributed by atoms with Gasteiger partial charge in [0.15, 0.2) is 5.96 Å². The van der Waals surface area contributed by atoms with Crippen LogP contribution in [0, 0.1) is 0 Å². The molecule has 1 aromatic heterocycles. The average molecular weight is 381 g/mol. The third-order valence-corrected chi connectivity index (χ3v) is 5.27. The molecule has 0 aliphatic carbocycles. The molecular weight excluding hydrogens is 348 g/mol. The summed E-state index contributed by atoms with van der Waals surface area (Å²) in [6.45, 7) is 7.91. The van der Waals surface area contributed by atoms with Crippen LogP contribution in [0.1, 0.15) is 23.6 Å². The smallest absolute Gasteiger partial charge is 0.191 e. The zero-order chi connectivity index (χ0) is 19.8. The van der Waals surface area contributed by atoms with E-state index in [2.05, 4.69) is 80.8 Å². The zero-order valence-electron chi connectivity index (χ0n) is 17.3. The standard InChI is InChI=1S/C22H32N6/c1-4-19-7-5-6-8-20(19)17-26-22(23-2)25-16-18-9-10-21(24-15-18)28-13-11-27(3)12-14-28/h5-10,15H,4,11-14,16-17H2,1-3H3,(H2,23,25,26). The summed E-state index contributed by atoms with van der Waals surface area (Å²) in [5.74, 6) is 1.87. The van der Waals surface area contributed by atoms with Gasteiger partial charge in [0.1, 0.15) is 5.82 Å². The van der Waals surface area contributed by atoms with Gasteiger partial charge in [0.05, 0.1) is 0 Å². The van der Waals surface area contributed by atoms with Gasteiger partial charge in [-0.1, -0.05) is 37.3 Å². The molecule has 2 aromatic rings. The van der Waals surface area contributed by atoms with Crippen molar-refractivity contribution in [3.63, 3.8) is 0 Å². The first-order valence-corrected chi connectivity index (χ1v) is 10.1. The highest BCUT2D eigenvalue weighted by atomic mass is 15.3. The van der Waals surface area contributed by atoms with Crippen LogP contribution in [0.5, 0.6) is 0 Å². The molecule has 1 fully saturated rings. The van der Waals surface area contributed by atoms with Crippen molar-refractivity contribution in [1.82, 2.24) is 20.5 Å². The summed E-state index contributed by atoms with van der Waals surface area (Å²) in [7, 11) is 3.97. The van der Waals surface area contributed by atoms with E-state index in [4.69, 9.17) is 0 Å². The Labute approximate surface area is 168 Å². The first kappa shape index (κ1) is 20.1. The predicted molar refractivity (Wildman–Crippen MR) is 117 cm³/mol. The summed E-state index contributed by atoms with van der Waals surface area (Å²) in [5.41, 5.74) is 3.83. The number of aromatic nitrogens is 1. The van der Waals surface area contributed by atoms with Crippen molar-refractivity contribution in [3.8, 4) is 0 Å². The number of rotatable bonds is 6. The van der Waals surface area contributed by atoms with Gasteiger partial charge in [0.2, 0.25) is 0 Å². The molecule has 0 unspecified atom stereocenters. The van der Waals surface area contributed by atoms with Crippen molar-refractivity contribution in [2.24, 2.45) is 4.99 Å². The molecule has 6 heteroatoms. The van der Waals surface area contributed by atoms with Gasteiger partial charge in [0, 0.05) is 52.5 Å². The van der Waals surface area contributed by atoms with Crippen LogP contribution in [-0.4, -0.2) is 56.1 Å². The highest BCUT2D eigenvalue weighted by Gasteiger charge is 2.14. The molecule has 1 aliphatic rings. The molecule has 150 valence electrons. The van der Waals surface area contributed by atoms with Crippen LogP contribution in [0.4, 0.5) is 5.82 Å². The van der Waals surface area contributed by atoms with Gasteiger partial charge in [-0.15, -0.1) is 0 Å². The molecular formula is C22H32N6. The van der Waals surface area contributed by atoms with Gasteiger partial charge in [-0.3, -0.25) is 4.99 Å². The Bertz CT molecular complexity index is 763. The quantitative estimate of drug-likeness (QED) is 0.595. The number of pyridine rings is 1. The molecule has 0 amide bonds. The van der Waals surface area contributed by atoms with E-state index >= 15 is 0 Å². The fourth-order valence-electron chi connectivity index (χ4n) is 3.40. The number of aryl methyl sites for hydroxylation is 1. The topological polar surface area (TPSA) is 55.8 Å². The number of anilines is 1. The molecule has 0 saturated carbocycles. The second kappa shape index (κ2) is 10.1. The summed E-state index contributed by atoms with van der Waals surface area (Å²) in [6, 6.07) is 12.8. The number of guanidine groups is 1. The monoisotopic (exact) mass is 380 g/mol. The number of hydrogen-bond donors (Lipinski definition) is 2. The van der Waals surface area contributed by atoms with Crippen molar-refractivity contribution in [1.29, 1.82) is 0 Å². The van der Waals surface area contributed by atoms with Gasteiger partial charge < -0.3 is 20.4 Å². The van der Waals surface area contributed by atoms with E-state index in [1.54, 1.807) is 7.05 Å². The van der Waals surface area contributed by atoms with Crippen LogP contribution in [0.15, 0.2) is 47.6 Å². The predicted octanol–water partition coefficient (Wildman–Crippen LogP) is 2.26. The van der Waals surface area contributed by atoms with Crippen molar-refractivity contribution in [2.45, 2.75) is 26.4 Å². The molecule has 2 N–H and O–H groups in total. The Kier molecular flexibility index (Phi) is 7.25. The van der Waals surface area contributed by atoms with Crippen molar-refractivity contribution in [3.05, 3.63) is 59.3 Å². The third-order valence-electron chi connectivity index (χ3n) is 5.27. The first-order chi connectivity index (χ1) is 13.7. The molecule has 1 saturated heterocycles. The van der Waals surface area contributed by atoms with Crippen LogP contribution in [0.2, 0.25) is 0 Å². The number of nitrogens with one attached hydrogen (secondary N) is 2. The maximum atomic E-state index is 4.65. The van der Waals surface area contributed by atoms with Gasteiger partial charge in [-0.2, -0.15) is 0 Å². The number of hydrogen-bond acceptors (Lipinski definition) is 4. The summed E-state index contributed by atoms with van der Waals surface area (Å²) in [5, 5.41) is 6.78. The minimum atomic E-state index is 0.700. The molecule has 0 radical (unpaired) electrons. The SMILES string of the molecule is CCc1ccccc1CNC(=NC)NCc1ccc(N2CCN(C)CC2)nc1. The lowest BCUT2D eigenvalue weighted by Gasteiger charge is -2.33. The van der Waals surface area contributed by atoms with Crippen LogP contribution in [0.25, 0.3) is 0 Å². The van der Waals surface area contributed by atoms with Crippen molar-refractivity contribution < 1.29 is 0 Å². The number of piperazine rings is 1. The fraction of sp³-hybridized carbons (Fsp3) is 0.455. The number of likely N-dealkylation sites (N-methyl/N-ethyl adjacent to an activating group) is 1. The van der Waals surface area contributed by atoms with E-state index in [9.17, 15) is 0 Å². The van der Waals surface area contributed by atoms with E-state index in [-0.39, 0.29) is 0 Å². The minimum Gasteiger partial charge on any atom is -0.354 e. The Morgan fingerprint density at radius 2 is 1.71 bits per heavy atom. The molecule has 0 bridgehead atoms. The Morgan fingerprint density at radius 3 is 2.36 bits per heavy atom. The average Bonchev–Trinajstić information content (AvgIpc) is 2.75. The van der Waals surface area contributed by atoms with E-state index in [0.29, 0.717) is 6.54 Å². The first-order valence-electron chi connectivity index (χ1n) is 10.1. The molecule has 0 spiro atoms. The normalized spacial score (nSPS) is 15.5. The van der Waals surface area contributed by atoms with Gasteiger partial charge in [-0.25, -0.2) is 4.98 Å². The lowest BCUT2D eigenvalue weighted by atomic mass is 10.1. The summed E-state index contributed by atoms with van der Waals surface area (Å²) in [6.07, 6.45) is 3.00. The van der Waals surface area contributed by atoms with Crippen LogP contribution >= 0.6 is 0 Å². The number of aliphatic imine (C=N–C) groups is 1. The molecule has 1 aliphatic heterocycles. The largest absolute Gasteiger partial charge is 0.354 e. The van der Waals surface area contributed by atoms with Crippen LogP contribution in [-0.2, 0) is 19.5 Å². The lowest BCUT2D eigenvalue weighted by molar-refractivity contribution is 0.312. The lowest BCUT2D eigenvalue weighted by Crippen LogP contribution is -2.44. The number of benzene rings is 1. The van der Waals surface area contributed by atoms with Gasteiger partial charge >= 0.3 is 0 Å². The molecule has 28 heavy (non-hydrogen) atoms. The third kappa shape index (κ3) is 5.45. The van der Waals surface area contributed by atoms with Crippen LogP contribution < -0.4 is 15.5 Å². The molecule has 6 nitrogen and oxygen atoms in total. The summed E-state index contributed by atoms with van der Waals surface area (Å²) < 4.78 is 0. The Balaban J connectivity index is 1.49. The molecule has 3 rings (SSSR count). The van der Waals surface area contributed by atoms with Crippen LogP contribution in [0.3, 0.4) is 0 Å². The van der Waals surface area contributed by atoms with Crippen molar-refractivity contribution in [2.75, 3.05) is 45.2 Å². The summed E-state index contributed by atoms with van der Waals surface area (Å²) >= 11 is 0. The zero-order valence-corrected chi connectivity index (χ0v) is 17.3. The van der Waals surface area contributed by atoms with Crippen molar-refractivity contribution >= 4 is 11.8 Å². The summed E-state index contributed by atoms with van der Waals surface area (Å²) in [4.78, 5) is 13.7. The Morgan fingerprint density at radius 1 is 1.00 bits per heavy atom. The molecule has 1 aromatic carbocycles. The maximum Gasteiger partial charge on any atom is 0.191 e. The maximum absolute atomic E-state index is 4.65. The van der Waals surface area contributed by atoms with E-state index in [1.807, 2.05) is 6.20 Å². The number of nitrogens with zero attached hydrogens (tertiary/aromatic N) is 4.